The van der Waals surface area contributed by atoms with Gasteiger partial charge in [0, 0.05) is 31.6 Å². The van der Waals surface area contributed by atoms with E-state index in [2.05, 4.69) is 42.5 Å². The second kappa shape index (κ2) is 12.0. The van der Waals surface area contributed by atoms with Gasteiger partial charge in [-0.2, -0.15) is 0 Å². The fraction of sp³-hybridized carbons (Fsp3) is 0.579. The van der Waals surface area contributed by atoms with E-state index in [0.717, 1.165) is 19.4 Å². The average Bonchev–Trinajstić information content (AvgIpc) is 2.53. The summed E-state index contributed by atoms with van der Waals surface area (Å²) in [5.41, 5.74) is 1.33. The first-order valence-electron chi connectivity index (χ1n) is 8.48. The van der Waals surface area contributed by atoms with Gasteiger partial charge in [-0.25, -0.2) is 9.36 Å². The number of ether oxygens (including phenoxy) is 1. The van der Waals surface area contributed by atoms with E-state index < -0.39 is 0 Å². The van der Waals surface area contributed by atoms with Gasteiger partial charge in [0.1, 0.15) is 6.54 Å². The lowest BCUT2D eigenvalue weighted by molar-refractivity contribution is -0.703. The molecule has 0 saturated heterocycles. The van der Waals surface area contributed by atoms with E-state index in [1.165, 1.54) is 50.3 Å². The highest BCUT2D eigenvalue weighted by atomic mass is 16.5. The Morgan fingerprint density at radius 2 is 1.73 bits per heavy atom. The number of unbranched alkanes of at least 4 members (excludes halogenated alkanes) is 7. The zero-order valence-corrected chi connectivity index (χ0v) is 13.9. The Morgan fingerprint density at radius 1 is 1.09 bits per heavy atom. The minimum Gasteiger partial charge on any atom is -0.463 e. The minimum atomic E-state index is -0.313. The molecular weight excluding hydrogens is 274 g/mol. The number of pyridine rings is 1. The van der Waals surface area contributed by atoms with Crippen molar-refractivity contribution in [3.05, 3.63) is 42.7 Å². The molecule has 1 heterocycles. The Bertz CT molecular complexity index is 443. The number of esters is 1. The van der Waals surface area contributed by atoms with Gasteiger partial charge < -0.3 is 4.74 Å². The standard InChI is InChI=1S/C19H30NO2/c1-3-19(21)22-17-13-9-7-5-4-6-8-11-15-20-16-12-10-14-18(20)2/h3,10,12,14,16H,1,4-9,11,13,15,17H2,2H3/q+1. The van der Waals surface area contributed by atoms with Crippen molar-refractivity contribution in [3.8, 4) is 0 Å². The van der Waals surface area contributed by atoms with Crippen LogP contribution >= 0.6 is 0 Å². The Morgan fingerprint density at radius 3 is 2.36 bits per heavy atom. The molecule has 1 aromatic heterocycles. The van der Waals surface area contributed by atoms with Gasteiger partial charge in [0.15, 0.2) is 11.9 Å². The van der Waals surface area contributed by atoms with Crippen LogP contribution in [-0.4, -0.2) is 12.6 Å². The van der Waals surface area contributed by atoms with E-state index in [4.69, 9.17) is 4.74 Å². The van der Waals surface area contributed by atoms with Gasteiger partial charge in [0.25, 0.3) is 0 Å². The molecule has 0 radical (unpaired) electrons. The number of nitrogens with zero attached hydrogens (tertiary/aromatic N) is 1. The third-order valence-corrected chi connectivity index (χ3v) is 3.87. The molecule has 3 heteroatoms. The van der Waals surface area contributed by atoms with Gasteiger partial charge in [-0.15, -0.1) is 0 Å². The van der Waals surface area contributed by atoms with E-state index in [1.807, 2.05) is 0 Å². The molecule has 0 aliphatic rings. The maximum atomic E-state index is 10.8. The summed E-state index contributed by atoms with van der Waals surface area (Å²) in [6, 6.07) is 6.34. The molecular formula is C19H30NO2+. The van der Waals surface area contributed by atoms with Crippen molar-refractivity contribution in [1.29, 1.82) is 0 Å². The SMILES string of the molecule is C=CC(=O)OCCCCCCCCCC[n+]1ccccc1C. The lowest BCUT2D eigenvalue weighted by Gasteiger charge is -2.03. The molecule has 1 rings (SSSR count). The summed E-state index contributed by atoms with van der Waals surface area (Å²) in [6.07, 6.45) is 13.2. The van der Waals surface area contributed by atoms with E-state index in [1.54, 1.807) is 0 Å². The Labute approximate surface area is 135 Å². The smallest absolute Gasteiger partial charge is 0.330 e. The third kappa shape index (κ3) is 8.60. The van der Waals surface area contributed by atoms with Gasteiger partial charge in [0.2, 0.25) is 0 Å². The molecule has 0 atom stereocenters. The second-order valence-corrected chi connectivity index (χ2v) is 5.74. The molecule has 0 spiro atoms. The number of hydrogen-bond donors (Lipinski definition) is 0. The van der Waals surface area contributed by atoms with Crippen LogP contribution in [0.3, 0.4) is 0 Å². The van der Waals surface area contributed by atoms with Crippen LogP contribution in [0.2, 0.25) is 0 Å². The lowest BCUT2D eigenvalue weighted by atomic mass is 10.1. The highest BCUT2D eigenvalue weighted by Crippen LogP contribution is 2.08. The topological polar surface area (TPSA) is 30.2 Å². The molecule has 0 fully saturated rings. The summed E-state index contributed by atoms with van der Waals surface area (Å²) >= 11 is 0. The first kappa shape index (κ1) is 18.4. The summed E-state index contributed by atoms with van der Waals surface area (Å²) < 4.78 is 7.27. The predicted octanol–water partition coefficient (Wildman–Crippen LogP) is 4.13. The van der Waals surface area contributed by atoms with Gasteiger partial charge >= 0.3 is 5.97 Å². The summed E-state index contributed by atoms with van der Waals surface area (Å²) in [7, 11) is 0. The zero-order valence-electron chi connectivity index (χ0n) is 13.9. The molecule has 0 bridgehead atoms. The van der Waals surface area contributed by atoms with Crippen LogP contribution in [0.15, 0.2) is 37.1 Å². The summed E-state index contributed by atoms with van der Waals surface area (Å²) in [6.45, 7) is 7.18. The summed E-state index contributed by atoms with van der Waals surface area (Å²) in [5, 5.41) is 0. The van der Waals surface area contributed by atoms with E-state index in [-0.39, 0.29) is 5.97 Å². The Balaban J connectivity index is 1.87. The van der Waals surface area contributed by atoms with Crippen molar-refractivity contribution in [2.75, 3.05) is 6.61 Å². The summed E-state index contributed by atoms with van der Waals surface area (Å²) in [5.74, 6) is -0.313. The molecule has 0 aliphatic carbocycles. The van der Waals surface area contributed by atoms with Crippen molar-refractivity contribution in [3.63, 3.8) is 0 Å². The molecule has 0 unspecified atom stereocenters. The predicted molar refractivity (Wildman–Crippen MR) is 89.5 cm³/mol. The number of aromatic nitrogens is 1. The molecule has 122 valence electrons. The van der Waals surface area contributed by atoms with Crippen LogP contribution in [0.25, 0.3) is 0 Å². The van der Waals surface area contributed by atoms with Gasteiger partial charge in [-0.1, -0.05) is 44.7 Å². The quantitative estimate of drug-likeness (QED) is 0.251. The molecule has 0 saturated carbocycles. The maximum Gasteiger partial charge on any atom is 0.330 e. The first-order valence-corrected chi connectivity index (χ1v) is 8.48. The van der Waals surface area contributed by atoms with Crippen molar-refractivity contribution in [2.24, 2.45) is 0 Å². The fourth-order valence-corrected chi connectivity index (χ4v) is 2.49. The van der Waals surface area contributed by atoms with Crippen molar-refractivity contribution in [2.45, 2.75) is 64.8 Å². The highest BCUT2D eigenvalue weighted by Gasteiger charge is 2.03. The molecule has 0 aromatic carbocycles. The lowest BCUT2D eigenvalue weighted by Crippen LogP contribution is -2.36. The Hall–Kier alpha value is -1.64. The van der Waals surface area contributed by atoms with Gasteiger partial charge in [-0.3, -0.25) is 0 Å². The molecule has 0 aliphatic heterocycles. The monoisotopic (exact) mass is 304 g/mol. The number of carbonyl (C=O) groups is 1. The number of carbonyl (C=O) groups excluding carboxylic acids is 1. The second-order valence-electron chi connectivity index (χ2n) is 5.74. The van der Waals surface area contributed by atoms with Crippen molar-refractivity contribution < 1.29 is 14.1 Å². The Kier molecular flexibility index (Phi) is 10.0. The largest absolute Gasteiger partial charge is 0.463 e. The van der Waals surface area contributed by atoms with Crippen LogP contribution < -0.4 is 4.57 Å². The maximum absolute atomic E-state index is 10.8. The van der Waals surface area contributed by atoms with Crippen LogP contribution in [0.1, 0.15) is 57.1 Å². The molecule has 0 amide bonds. The fourth-order valence-electron chi connectivity index (χ4n) is 2.49. The zero-order chi connectivity index (χ0) is 16.0. The van der Waals surface area contributed by atoms with Gasteiger partial charge in [0.05, 0.1) is 6.61 Å². The number of rotatable bonds is 12. The van der Waals surface area contributed by atoms with E-state index >= 15 is 0 Å². The van der Waals surface area contributed by atoms with Crippen molar-refractivity contribution in [1.82, 2.24) is 0 Å². The average molecular weight is 304 g/mol. The normalized spacial score (nSPS) is 10.4. The minimum absolute atomic E-state index is 0.313. The van der Waals surface area contributed by atoms with E-state index in [9.17, 15) is 4.79 Å². The van der Waals surface area contributed by atoms with Gasteiger partial charge in [-0.05, 0) is 12.8 Å². The highest BCUT2D eigenvalue weighted by molar-refractivity contribution is 5.81. The third-order valence-electron chi connectivity index (χ3n) is 3.87. The van der Waals surface area contributed by atoms with Crippen LogP contribution in [0, 0.1) is 6.92 Å². The molecule has 22 heavy (non-hydrogen) atoms. The van der Waals surface area contributed by atoms with Crippen LogP contribution in [-0.2, 0) is 16.1 Å². The van der Waals surface area contributed by atoms with Crippen molar-refractivity contribution >= 4 is 5.97 Å². The number of aryl methyl sites for hydroxylation is 2. The molecule has 1 aromatic rings. The van der Waals surface area contributed by atoms with E-state index in [0.29, 0.717) is 6.61 Å². The molecule has 3 nitrogen and oxygen atoms in total. The molecule has 0 N–H and O–H groups in total. The van der Waals surface area contributed by atoms with Crippen LogP contribution in [0.4, 0.5) is 0 Å². The van der Waals surface area contributed by atoms with Crippen LogP contribution in [0.5, 0.6) is 0 Å². The number of hydrogen-bond acceptors (Lipinski definition) is 2. The first-order chi connectivity index (χ1) is 10.7. The summed E-state index contributed by atoms with van der Waals surface area (Å²) in [4.78, 5) is 10.8.